The molecule has 2 heterocycles. The Labute approximate surface area is 110 Å². The first kappa shape index (κ1) is 12.5. The van der Waals surface area contributed by atoms with Gasteiger partial charge in [-0.1, -0.05) is 19.8 Å². The molecular formula is C15H26N2O. The Morgan fingerprint density at radius 3 is 2.83 bits per heavy atom. The highest BCUT2D eigenvalue weighted by Crippen LogP contribution is 2.38. The molecule has 3 heteroatoms. The van der Waals surface area contributed by atoms with Crippen LogP contribution in [-0.4, -0.2) is 35.5 Å². The Kier molecular flexibility index (Phi) is 3.35. The highest BCUT2D eigenvalue weighted by molar-refractivity contribution is 5.87. The fourth-order valence-electron chi connectivity index (χ4n) is 4.37. The van der Waals surface area contributed by atoms with Crippen molar-refractivity contribution in [2.24, 2.45) is 5.92 Å². The van der Waals surface area contributed by atoms with E-state index < -0.39 is 0 Å². The third-order valence-electron chi connectivity index (χ3n) is 5.53. The number of nitrogens with zero attached hydrogens (tertiary/aromatic N) is 1. The smallest absolute Gasteiger partial charge is 0.243 e. The van der Waals surface area contributed by atoms with Crippen molar-refractivity contribution < 1.29 is 4.79 Å². The molecular weight excluding hydrogens is 224 g/mol. The molecule has 3 aliphatic rings. The first-order valence-electron chi connectivity index (χ1n) is 7.83. The van der Waals surface area contributed by atoms with E-state index in [-0.39, 0.29) is 5.54 Å². The molecule has 18 heavy (non-hydrogen) atoms. The summed E-state index contributed by atoms with van der Waals surface area (Å²) in [7, 11) is 0. The molecule has 1 N–H and O–H groups in total. The number of carbonyl (C=O) groups excluding carboxylic acids is 1. The average Bonchev–Trinajstić information content (AvgIpc) is 3.05. The van der Waals surface area contributed by atoms with Gasteiger partial charge in [0.2, 0.25) is 5.91 Å². The Bertz CT molecular complexity index is 322. The second kappa shape index (κ2) is 4.84. The molecule has 2 saturated heterocycles. The van der Waals surface area contributed by atoms with Gasteiger partial charge in [0.1, 0.15) is 0 Å². The molecule has 0 aromatic heterocycles. The molecule has 1 amide bonds. The van der Waals surface area contributed by atoms with Crippen molar-refractivity contribution in [1.29, 1.82) is 0 Å². The first-order chi connectivity index (χ1) is 8.77. The van der Waals surface area contributed by atoms with E-state index in [1.54, 1.807) is 0 Å². The van der Waals surface area contributed by atoms with Gasteiger partial charge in [-0.25, -0.2) is 0 Å². The van der Waals surface area contributed by atoms with Gasteiger partial charge in [-0.3, -0.25) is 4.79 Å². The van der Waals surface area contributed by atoms with Crippen LogP contribution in [0, 0.1) is 5.92 Å². The summed E-state index contributed by atoms with van der Waals surface area (Å²) in [5, 5.41) is 3.50. The molecule has 3 unspecified atom stereocenters. The van der Waals surface area contributed by atoms with Crippen LogP contribution in [-0.2, 0) is 4.79 Å². The van der Waals surface area contributed by atoms with Crippen LogP contribution in [0.4, 0.5) is 0 Å². The van der Waals surface area contributed by atoms with Crippen LogP contribution in [0.25, 0.3) is 0 Å². The van der Waals surface area contributed by atoms with E-state index in [4.69, 9.17) is 0 Å². The Morgan fingerprint density at radius 2 is 2.11 bits per heavy atom. The van der Waals surface area contributed by atoms with Crippen LogP contribution in [0.5, 0.6) is 0 Å². The molecule has 0 aromatic rings. The normalized spacial score (nSPS) is 39.9. The number of fused-ring (bicyclic) bond motifs is 1. The second-order valence-corrected chi connectivity index (χ2v) is 6.37. The lowest BCUT2D eigenvalue weighted by atomic mass is 9.84. The minimum atomic E-state index is -0.216. The van der Waals surface area contributed by atoms with E-state index >= 15 is 0 Å². The van der Waals surface area contributed by atoms with Crippen LogP contribution in [0.3, 0.4) is 0 Å². The van der Waals surface area contributed by atoms with E-state index in [1.807, 2.05) is 0 Å². The van der Waals surface area contributed by atoms with Crippen LogP contribution in [0.1, 0.15) is 58.3 Å². The zero-order valence-corrected chi connectivity index (χ0v) is 11.6. The van der Waals surface area contributed by atoms with Gasteiger partial charge in [0, 0.05) is 12.6 Å². The predicted octanol–water partition coefficient (Wildman–Crippen LogP) is 2.31. The van der Waals surface area contributed by atoms with Crippen LogP contribution in [0.2, 0.25) is 0 Å². The lowest BCUT2D eigenvalue weighted by molar-refractivity contribution is -0.139. The van der Waals surface area contributed by atoms with Gasteiger partial charge in [-0.2, -0.15) is 0 Å². The summed E-state index contributed by atoms with van der Waals surface area (Å²) in [6.45, 7) is 4.18. The van der Waals surface area contributed by atoms with Crippen LogP contribution < -0.4 is 5.32 Å². The Balaban J connectivity index is 1.76. The maximum atomic E-state index is 12.9. The summed E-state index contributed by atoms with van der Waals surface area (Å²) in [5.41, 5.74) is -0.216. The van der Waals surface area contributed by atoms with Gasteiger partial charge in [-0.05, 0) is 51.0 Å². The number of carbonyl (C=O) groups is 1. The Morgan fingerprint density at radius 1 is 1.28 bits per heavy atom. The molecule has 3 atom stereocenters. The van der Waals surface area contributed by atoms with Crippen LogP contribution >= 0.6 is 0 Å². The summed E-state index contributed by atoms with van der Waals surface area (Å²) >= 11 is 0. The molecule has 0 spiro atoms. The van der Waals surface area contributed by atoms with E-state index in [9.17, 15) is 4.79 Å². The average molecular weight is 250 g/mol. The molecule has 0 aromatic carbocycles. The molecule has 1 aliphatic carbocycles. The predicted molar refractivity (Wildman–Crippen MR) is 72.3 cm³/mol. The van der Waals surface area contributed by atoms with Crippen molar-refractivity contribution in [1.82, 2.24) is 10.2 Å². The van der Waals surface area contributed by atoms with Gasteiger partial charge in [-0.15, -0.1) is 0 Å². The molecule has 102 valence electrons. The van der Waals surface area contributed by atoms with Crippen LogP contribution in [0.15, 0.2) is 0 Å². The largest absolute Gasteiger partial charge is 0.338 e. The number of nitrogens with one attached hydrogen (secondary N) is 1. The third-order valence-corrected chi connectivity index (χ3v) is 5.53. The quantitative estimate of drug-likeness (QED) is 0.815. The monoisotopic (exact) mass is 250 g/mol. The van der Waals surface area contributed by atoms with E-state index in [0.29, 0.717) is 11.9 Å². The van der Waals surface area contributed by atoms with Gasteiger partial charge < -0.3 is 10.2 Å². The standard InChI is InChI=1S/C15H26N2O/c1-2-15(9-5-10-16-15)14(18)17-11-8-12-6-3-4-7-13(12)17/h12-13,16H,2-11H2,1H3. The molecule has 1 saturated carbocycles. The third kappa shape index (κ3) is 1.87. The first-order valence-corrected chi connectivity index (χ1v) is 7.83. The maximum Gasteiger partial charge on any atom is 0.243 e. The molecule has 3 fully saturated rings. The number of hydrogen-bond acceptors (Lipinski definition) is 2. The van der Waals surface area contributed by atoms with Crippen molar-refractivity contribution in [3.05, 3.63) is 0 Å². The number of amides is 1. The highest BCUT2D eigenvalue weighted by atomic mass is 16.2. The molecule has 0 bridgehead atoms. The zero-order chi connectivity index (χ0) is 12.6. The SMILES string of the molecule is CCC1(C(=O)N2CCC3CCCCC32)CCCN1. The summed E-state index contributed by atoms with van der Waals surface area (Å²) in [6, 6.07) is 0.567. The summed E-state index contributed by atoms with van der Waals surface area (Å²) in [4.78, 5) is 15.2. The number of hydrogen-bond donors (Lipinski definition) is 1. The minimum Gasteiger partial charge on any atom is -0.338 e. The second-order valence-electron chi connectivity index (χ2n) is 6.37. The van der Waals surface area contributed by atoms with E-state index in [0.717, 1.165) is 38.3 Å². The van der Waals surface area contributed by atoms with Crippen molar-refractivity contribution in [2.45, 2.75) is 69.9 Å². The number of rotatable bonds is 2. The van der Waals surface area contributed by atoms with Crippen molar-refractivity contribution >= 4 is 5.91 Å². The summed E-state index contributed by atoms with van der Waals surface area (Å²) in [6.07, 6.45) is 9.67. The van der Waals surface area contributed by atoms with Gasteiger partial charge in [0.25, 0.3) is 0 Å². The maximum absolute atomic E-state index is 12.9. The van der Waals surface area contributed by atoms with Crippen molar-refractivity contribution in [3.8, 4) is 0 Å². The fourth-order valence-corrected chi connectivity index (χ4v) is 4.37. The lowest BCUT2D eigenvalue weighted by Crippen LogP contribution is -2.56. The van der Waals surface area contributed by atoms with Gasteiger partial charge in [0.05, 0.1) is 5.54 Å². The van der Waals surface area contributed by atoms with Gasteiger partial charge >= 0.3 is 0 Å². The molecule has 2 aliphatic heterocycles. The zero-order valence-electron chi connectivity index (χ0n) is 11.6. The fraction of sp³-hybridized carbons (Fsp3) is 0.933. The molecule has 3 nitrogen and oxygen atoms in total. The number of likely N-dealkylation sites (tertiary alicyclic amines) is 1. The van der Waals surface area contributed by atoms with Crippen molar-refractivity contribution in [2.75, 3.05) is 13.1 Å². The lowest BCUT2D eigenvalue weighted by Gasteiger charge is -2.37. The Hall–Kier alpha value is -0.570. The molecule has 0 radical (unpaired) electrons. The summed E-state index contributed by atoms with van der Waals surface area (Å²) < 4.78 is 0. The molecule has 3 rings (SSSR count). The van der Waals surface area contributed by atoms with E-state index in [2.05, 4.69) is 17.1 Å². The summed E-state index contributed by atoms with van der Waals surface area (Å²) in [5.74, 6) is 1.22. The highest BCUT2D eigenvalue weighted by Gasteiger charge is 2.47. The van der Waals surface area contributed by atoms with Crippen molar-refractivity contribution in [3.63, 3.8) is 0 Å². The van der Waals surface area contributed by atoms with E-state index in [1.165, 1.54) is 32.1 Å². The minimum absolute atomic E-state index is 0.216. The topological polar surface area (TPSA) is 32.3 Å². The van der Waals surface area contributed by atoms with Gasteiger partial charge in [0.15, 0.2) is 0 Å².